The molecule has 1 aromatic carbocycles. The van der Waals surface area contributed by atoms with E-state index in [1.807, 2.05) is 6.08 Å². The molecule has 0 amide bonds. The summed E-state index contributed by atoms with van der Waals surface area (Å²) in [5, 5.41) is 3.41. The van der Waals surface area contributed by atoms with E-state index in [0.29, 0.717) is 0 Å². The molecule has 0 spiro atoms. The van der Waals surface area contributed by atoms with Crippen molar-refractivity contribution in [3.63, 3.8) is 0 Å². The summed E-state index contributed by atoms with van der Waals surface area (Å²) in [5.41, 5.74) is 3.89. The molecule has 0 heterocycles. The van der Waals surface area contributed by atoms with E-state index in [2.05, 4.69) is 43.9 Å². The van der Waals surface area contributed by atoms with E-state index in [1.54, 1.807) is 0 Å². The average molecular weight is 175 g/mol. The molecule has 1 aromatic rings. The number of rotatable bonds is 4. The third-order valence-electron chi connectivity index (χ3n) is 2.13. The Bertz CT molecular complexity index is 269. The van der Waals surface area contributed by atoms with Crippen LogP contribution in [0.2, 0.25) is 0 Å². The number of anilines is 1. The topological polar surface area (TPSA) is 12.0 Å². The lowest BCUT2D eigenvalue weighted by atomic mass is 10.1. The second-order valence-electron chi connectivity index (χ2n) is 3.27. The zero-order chi connectivity index (χ0) is 9.68. The number of nitrogens with one attached hydrogen (secondary N) is 1. The minimum atomic E-state index is 0.967. The lowest BCUT2D eigenvalue weighted by molar-refractivity contribution is 1.06. The zero-order valence-electron chi connectivity index (χ0n) is 8.43. The van der Waals surface area contributed by atoms with Gasteiger partial charge in [0, 0.05) is 12.2 Å². The number of hydrogen-bond donors (Lipinski definition) is 1. The van der Waals surface area contributed by atoms with Gasteiger partial charge < -0.3 is 5.32 Å². The van der Waals surface area contributed by atoms with E-state index in [1.165, 1.54) is 16.8 Å². The lowest BCUT2D eigenvalue weighted by Gasteiger charge is -2.11. The van der Waals surface area contributed by atoms with Crippen molar-refractivity contribution in [3.05, 3.63) is 42.0 Å². The van der Waals surface area contributed by atoms with Crippen molar-refractivity contribution in [2.24, 2.45) is 0 Å². The molecule has 0 aromatic heterocycles. The van der Waals surface area contributed by atoms with Gasteiger partial charge >= 0.3 is 0 Å². The normalized spacial score (nSPS) is 9.69. The van der Waals surface area contributed by atoms with Gasteiger partial charge in [-0.3, -0.25) is 0 Å². The quantitative estimate of drug-likeness (QED) is 0.547. The van der Waals surface area contributed by atoms with Crippen molar-refractivity contribution in [3.8, 4) is 0 Å². The van der Waals surface area contributed by atoms with Crippen molar-refractivity contribution in [2.75, 3.05) is 11.9 Å². The van der Waals surface area contributed by atoms with Gasteiger partial charge in [-0.2, -0.15) is 0 Å². The molecule has 1 N–H and O–H groups in total. The van der Waals surface area contributed by atoms with Gasteiger partial charge in [-0.05, 0) is 31.4 Å². The van der Waals surface area contributed by atoms with Crippen LogP contribution < -0.4 is 5.32 Å². The third kappa shape index (κ3) is 2.62. The van der Waals surface area contributed by atoms with Crippen LogP contribution in [0.5, 0.6) is 0 Å². The first kappa shape index (κ1) is 9.85. The Hall–Kier alpha value is -1.24. The standard InChI is InChI=1S/C12H17N/c1-4-5-9-13-12-10(2)7-6-8-11(12)3/h4,6-8,13H,1,5,9H2,2-3H3. The second-order valence-corrected chi connectivity index (χ2v) is 3.27. The molecule has 0 aliphatic rings. The maximum atomic E-state index is 3.70. The first-order valence-electron chi connectivity index (χ1n) is 4.66. The van der Waals surface area contributed by atoms with Gasteiger partial charge in [0.2, 0.25) is 0 Å². The Labute approximate surface area is 80.5 Å². The van der Waals surface area contributed by atoms with E-state index in [-0.39, 0.29) is 0 Å². The molecule has 0 radical (unpaired) electrons. The number of benzene rings is 1. The van der Waals surface area contributed by atoms with E-state index in [0.717, 1.165) is 13.0 Å². The van der Waals surface area contributed by atoms with Gasteiger partial charge in [0.25, 0.3) is 0 Å². The minimum absolute atomic E-state index is 0.967. The van der Waals surface area contributed by atoms with Gasteiger partial charge in [0.15, 0.2) is 0 Å². The molecule has 1 heteroatoms. The molecular formula is C12H17N. The first-order valence-corrected chi connectivity index (χ1v) is 4.66. The van der Waals surface area contributed by atoms with Crippen molar-refractivity contribution < 1.29 is 0 Å². The van der Waals surface area contributed by atoms with Crippen molar-refractivity contribution >= 4 is 5.69 Å². The van der Waals surface area contributed by atoms with Crippen molar-refractivity contribution in [2.45, 2.75) is 20.3 Å². The summed E-state index contributed by atoms with van der Waals surface area (Å²) in [7, 11) is 0. The summed E-state index contributed by atoms with van der Waals surface area (Å²) in [4.78, 5) is 0. The van der Waals surface area contributed by atoms with Crippen LogP contribution in [-0.2, 0) is 0 Å². The molecule has 13 heavy (non-hydrogen) atoms. The van der Waals surface area contributed by atoms with Gasteiger partial charge in [0.1, 0.15) is 0 Å². The summed E-state index contributed by atoms with van der Waals surface area (Å²) in [6.07, 6.45) is 2.94. The maximum absolute atomic E-state index is 3.70. The molecule has 0 saturated carbocycles. The van der Waals surface area contributed by atoms with Crippen LogP contribution in [0.1, 0.15) is 17.5 Å². The van der Waals surface area contributed by atoms with E-state index < -0.39 is 0 Å². The summed E-state index contributed by atoms with van der Waals surface area (Å²) in [5.74, 6) is 0. The average Bonchev–Trinajstić information content (AvgIpc) is 2.10. The van der Waals surface area contributed by atoms with Crippen molar-refractivity contribution in [1.29, 1.82) is 0 Å². The summed E-state index contributed by atoms with van der Waals surface area (Å²) < 4.78 is 0. The number of para-hydroxylation sites is 1. The molecule has 0 aliphatic heterocycles. The first-order chi connectivity index (χ1) is 6.25. The molecule has 0 aliphatic carbocycles. The van der Waals surface area contributed by atoms with Crippen LogP contribution in [0.4, 0.5) is 5.69 Å². The highest BCUT2D eigenvalue weighted by atomic mass is 14.9. The molecule has 0 unspecified atom stereocenters. The van der Waals surface area contributed by atoms with Gasteiger partial charge in [-0.15, -0.1) is 6.58 Å². The monoisotopic (exact) mass is 175 g/mol. The smallest absolute Gasteiger partial charge is 0.0399 e. The van der Waals surface area contributed by atoms with Crippen LogP contribution in [0.3, 0.4) is 0 Å². The Morgan fingerprint density at radius 2 is 1.92 bits per heavy atom. The molecule has 0 atom stereocenters. The fourth-order valence-corrected chi connectivity index (χ4v) is 1.39. The highest BCUT2D eigenvalue weighted by Crippen LogP contribution is 2.18. The maximum Gasteiger partial charge on any atom is 0.0399 e. The van der Waals surface area contributed by atoms with Crippen LogP contribution in [-0.4, -0.2) is 6.54 Å². The zero-order valence-corrected chi connectivity index (χ0v) is 8.43. The number of hydrogen-bond acceptors (Lipinski definition) is 1. The largest absolute Gasteiger partial charge is 0.384 e. The highest BCUT2D eigenvalue weighted by molar-refractivity contribution is 5.56. The second kappa shape index (κ2) is 4.70. The summed E-state index contributed by atoms with van der Waals surface area (Å²) in [6.45, 7) is 8.92. The van der Waals surface area contributed by atoms with Gasteiger partial charge in [0.05, 0.1) is 0 Å². The van der Waals surface area contributed by atoms with Crippen LogP contribution in [0, 0.1) is 13.8 Å². The third-order valence-corrected chi connectivity index (χ3v) is 2.13. The molecule has 70 valence electrons. The van der Waals surface area contributed by atoms with Gasteiger partial charge in [-0.1, -0.05) is 24.3 Å². The fraction of sp³-hybridized carbons (Fsp3) is 0.333. The molecule has 0 bridgehead atoms. The molecular weight excluding hydrogens is 158 g/mol. The van der Waals surface area contributed by atoms with Crippen LogP contribution in [0.25, 0.3) is 0 Å². The van der Waals surface area contributed by atoms with Gasteiger partial charge in [-0.25, -0.2) is 0 Å². The predicted molar refractivity (Wildman–Crippen MR) is 59.2 cm³/mol. The predicted octanol–water partition coefficient (Wildman–Crippen LogP) is 3.29. The Balaban J connectivity index is 2.69. The van der Waals surface area contributed by atoms with E-state index in [9.17, 15) is 0 Å². The minimum Gasteiger partial charge on any atom is -0.384 e. The summed E-state index contributed by atoms with van der Waals surface area (Å²) in [6, 6.07) is 6.34. The Kier molecular flexibility index (Phi) is 3.56. The molecule has 0 fully saturated rings. The van der Waals surface area contributed by atoms with E-state index >= 15 is 0 Å². The Morgan fingerprint density at radius 1 is 1.31 bits per heavy atom. The summed E-state index contributed by atoms with van der Waals surface area (Å²) >= 11 is 0. The Morgan fingerprint density at radius 3 is 2.46 bits per heavy atom. The highest BCUT2D eigenvalue weighted by Gasteiger charge is 1.98. The van der Waals surface area contributed by atoms with Crippen LogP contribution >= 0.6 is 0 Å². The molecule has 1 nitrogen and oxygen atoms in total. The lowest BCUT2D eigenvalue weighted by Crippen LogP contribution is -2.03. The van der Waals surface area contributed by atoms with Crippen LogP contribution in [0.15, 0.2) is 30.9 Å². The van der Waals surface area contributed by atoms with E-state index in [4.69, 9.17) is 0 Å². The fourth-order valence-electron chi connectivity index (χ4n) is 1.39. The SMILES string of the molecule is C=CCCNc1c(C)cccc1C. The number of aryl methyl sites for hydroxylation is 2. The molecule has 0 saturated heterocycles. The molecule has 1 rings (SSSR count). The van der Waals surface area contributed by atoms with Crippen molar-refractivity contribution in [1.82, 2.24) is 0 Å².